The number of amides is 1. The van der Waals surface area contributed by atoms with Gasteiger partial charge >= 0.3 is 0 Å². The molecule has 1 atom stereocenters. The predicted octanol–water partition coefficient (Wildman–Crippen LogP) is 0.305. The van der Waals surface area contributed by atoms with Gasteiger partial charge in [-0.1, -0.05) is 0 Å². The molecule has 1 saturated carbocycles. The molecular formula is C13H25IN4O2. The molecule has 0 radical (unpaired) electrons. The van der Waals surface area contributed by atoms with Crippen LogP contribution in [0.15, 0.2) is 4.99 Å². The predicted molar refractivity (Wildman–Crippen MR) is 89.4 cm³/mol. The van der Waals surface area contributed by atoms with Gasteiger partial charge in [-0.25, -0.2) is 0 Å². The summed E-state index contributed by atoms with van der Waals surface area (Å²) in [5.41, 5.74) is -0.559. The van der Waals surface area contributed by atoms with E-state index in [0.717, 1.165) is 25.7 Å². The van der Waals surface area contributed by atoms with E-state index in [1.165, 1.54) is 0 Å². The first-order chi connectivity index (χ1) is 9.02. The van der Waals surface area contributed by atoms with E-state index in [2.05, 4.69) is 15.6 Å². The third kappa shape index (κ3) is 4.47. The highest BCUT2D eigenvalue weighted by Gasteiger charge is 2.34. The van der Waals surface area contributed by atoms with Crippen LogP contribution in [0.5, 0.6) is 0 Å². The van der Waals surface area contributed by atoms with Crippen molar-refractivity contribution in [3.05, 3.63) is 0 Å². The monoisotopic (exact) mass is 396 g/mol. The molecule has 0 aromatic carbocycles. The number of rotatable bonds is 3. The number of aliphatic imine (C=N–C) groups is 1. The third-order valence-electron chi connectivity index (χ3n) is 4.06. The first kappa shape index (κ1) is 17.5. The van der Waals surface area contributed by atoms with Crippen molar-refractivity contribution in [2.24, 2.45) is 4.99 Å². The average molecular weight is 396 g/mol. The Morgan fingerprint density at radius 2 is 2.25 bits per heavy atom. The number of aliphatic hydroxyl groups is 1. The Balaban J connectivity index is 0.00000200. The van der Waals surface area contributed by atoms with E-state index in [4.69, 9.17) is 0 Å². The number of likely N-dealkylation sites (N-methyl/N-ethyl adjacent to an activating group) is 1. The second-order valence-electron chi connectivity index (χ2n) is 5.66. The van der Waals surface area contributed by atoms with Crippen molar-refractivity contribution in [3.8, 4) is 0 Å². The number of hydrogen-bond donors (Lipinski definition) is 3. The lowest BCUT2D eigenvalue weighted by Gasteiger charge is -2.37. The lowest BCUT2D eigenvalue weighted by molar-refractivity contribution is -0.132. The fraction of sp³-hybridized carbons (Fsp3) is 0.846. The largest absolute Gasteiger partial charge is 0.388 e. The first-order valence-corrected chi connectivity index (χ1v) is 6.96. The van der Waals surface area contributed by atoms with Crippen LogP contribution in [-0.4, -0.2) is 60.7 Å². The minimum absolute atomic E-state index is 0. The number of halogens is 1. The molecule has 1 saturated heterocycles. The van der Waals surface area contributed by atoms with Gasteiger partial charge in [0, 0.05) is 39.6 Å². The van der Waals surface area contributed by atoms with Gasteiger partial charge in [0.25, 0.3) is 0 Å². The van der Waals surface area contributed by atoms with E-state index >= 15 is 0 Å². The smallest absolute Gasteiger partial charge is 0.222 e. The summed E-state index contributed by atoms with van der Waals surface area (Å²) in [6.07, 6.45) is 4.22. The minimum atomic E-state index is -0.559. The molecule has 3 N–H and O–H groups in total. The maximum Gasteiger partial charge on any atom is 0.222 e. The van der Waals surface area contributed by atoms with E-state index in [1.54, 1.807) is 11.9 Å². The van der Waals surface area contributed by atoms with Crippen LogP contribution in [-0.2, 0) is 4.79 Å². The molecule has 0 aromatic rings. The fourth-order valence-corrected chi connectivity index (χ4v) is 2.53. The van der Waals surface area contributed by atoms with Gasteiger partial charge in [-0.3, -0.25) is 9.79 Å². The summed E-state index contributed by atoms with van der Waals surface area (Å²) in [5.74, 6) is 0.901. The first-order valence-electron chi connectivity index (χ1n) is 6.96. The number of nitrogens with one attached hydrogen (secondary N) is 2. The van der Waals surface area contributed by atoms with Crippen LogP contribution in [0.3, 0.4) is 0 Å². The fourth-order valence-electron chi connectivity index (χ4n) is 2.53. The van der Waals surface area contributed by atoms with Crippen molar-refractivity contribution in [1.29, 1.82) is 0 Å². The Kier molecular flexibility index (Phi) is 6.50. The minimum Gasteiger partial charge on any atom is -0.388 e. The quantitative estimate of drug-likeness (QED) is 0.365. The van der Waals surface area contributed by atoms with Gasteiger partial charge in [-0.2, -0.15) is 0 Å². The van der Waals surface area contributed by atoms with Gasteiger partial charge in [0.2, 0.25) is 5.91 Å². The van der Waals surface area contributed by atoms with E-state index in [0.29, 0.717) is 25.5 Å². The molecule has 1 unspecified atom stereocenters. The molecule has 7 heteroatoms. The molecule has 1 aliphatic heterocycles. The van der Waals surface area contributed by atoms with E-state index in [-0.39, 0.29) is 35.9 Å². The zero-order valence-electron chi connectivity index (χ0n) is 12.2. The lowest BCUT2D eigenvalue weighted by Crippen LogP contribution is -2.55. The van der Waals surface area contributed by atoms with E-state index in [1.807, 2.05) is 7.05 Å². The average Bonchev–Trinajstić information content (AvgIpc) is 2.36. The van der Waals surface area contributed by atoms with Crippen LogP contribution in [0.1, 0.15) is 32.1 Å². The van der Waals surface area contributed by atoms with Crippen molar-refractivity contribution in [1.82, 2.24) is 15.5 Å². The number of guanidine groups is 1. The van der Waals surface area contributed by atoms with Crippen LogP contribution < -0.4 is 10.6 Å². The Morgan fingerprint density at radius 1 is 1.55 bits per heavy atom. The standard InChI is InChI=1S/C13H24N4O2.HI/c1-14-12(15-9-13(19)6-3-7-13)16-10-4-5-11(18)17(2)8-10;/h10,19H,3-9H2,1-2H3,(H2,14,15,16);1H. The van der Waals surface area contributed by atoms with Crippen molar-refractivity contribution in [2.45, 2.75) is 43.7 Å². The number of hydrogen-bond acceptors (Lipinski definition) is 3. The molecule has 1 amide bonds. The summed E-state index contributed by atoms with van der Waals surface area (Å²) < 4.78 is 0. The van der Waals surface area contributed by atoms with Crippen LogP contribution in [0.25, 0.3) is 0 Å². The summed E-state index contributed by atoms with van der Waals surface area (Å²) in [6, 6.07) is 0.227. The highest BCUT2D eigenvalue weighted by atomic mass is 127. The summed E-state index contributed by atoms with van der Waals surface area (Å²) >= 11 is 0. The van der Waals surface area contributed by atoms with E-state index in [9.17, 15) is 9.90 Å². The van der Waals surface area contributed by atoms with Gasteiger partial charge in [0.1, 0.15) is 0 Å². The molecule has 1 aliphatic carbocycles. The Morgan fingerprint density at radius 3 is 2.75 bits per heavy atom. The molecule has 2 aliphatic rings. The van der Waals surface area contributed by atoms with Gasteiger partial charge in [-0.05, 0) is 25.7 Å². The van der Waals surface area contributed by atoms with Crippen LogP contribution in [0.4, 0.5) is 0 Å². The maximum atomic E-state index is 11.4. The zero-order valence-corrected chi connectivity index (χ0v) is 14.5. The van der Waals surface area contributed by atoms with Gasteiger partial charge in [-0.15, -0.1) is 24.0 Å². The zero-order chi connectivity index (χ0) is 13.9. The van der Waals surface area contributed by atoms with E-state index < -0.39 is 5.60 Å². The molecule has 20 heavy (non-hydrogen) atoms. The third-order valence-corrected chi connectivity index (χ3v) is 4.06. The van der Waals surface area contributed by atoms with Crippen molar-refractivity contribution in [2.75, 3.05) is 27.2 Å². The molecule has 2 rings (SSSR count). The number of carbonyl (C=O) groups excluding carboxylic acids is 1. The van der Waals surface area contributed by atoms with Gasteiger partial charge < -0.3 is 20.6 Å². The molecule has 0 aromatic heterocycles. The van der Waals surface area contributed by atoms with Crippen LogP contribution >= 0.6 is 24.0 Å². The Bertz CT molecular complexity index is 371. The molecule has 1 heterocycles. The number of piperidine rings is 1. The Hall–Kier alpha value is -0.570. The molecular weight excluding hydrogens is 371 g/mol. The molecule has 0 spiro atoms. The summed E-state index contributed by atoms with van der Waals surface area (Å²) in [5, 5.41) is 16.5. The summed E-state index contributed by atoms with van der Waals surface area (Å²) in [7, 11) is 3.54. The number of carbonyl (C=O) groups is 1. The SMILES string of the molecule is CN=C(NCC1(O)CCC1)NC1CCC(=O)N(C)C1.I. The second-order valence-corrected chi connectivity index (χ2v) is 5.66. The maximum absolute atomic E-state index is 11.4. The molecule has 0 bridgehead atoms. The topological polar surface area (TPSA) is 77.0 Å². The lowest BCUT2D eigenvalue weighted by atomic mass is 9.80. The molecule has 6 nitrogen and oxygen atoms in total. The molecule has 116 valence electrons. The molecule has 2 fully saturated rings. The van der Waals surface area contributed by atoms with Gasteiger partial charge in [0.05, 0.1) is 5.60 Å². The Labute approximate surface area is 137 Å². The van der Waals surface area contributed by atoms with Crippen LogP contribution in [0.2, 0.25) is 0 Å². The van der Waals surface area contributed by atoms with Crippen molar-refractivity contribution >= 4 is 35.8 Å². The van der Waals surface area contributed by atoms with Gasteiger partial charge in [0.15, 0.2) is 5.96 Å². The number of nitrogens with zero attached hydrogens (tertiary/aromatic N) is 2. The van der Waals surface area contributed by atoms with Crippen molar-refractivity contribution < 1.29 is 9.90 Å². The summed E-state index contributed by atoms with van der Waals surface area (Å²) in [6.45, 7) is 1.23. The number of likely N-dealkylation sites (tertiary alicyclic amines) is 1. The summed E-state index contributed by atoms with van der Waals surface area (Å²) in [4.78, 5) is 17.3. The van der Waals surface area contributed by atoms with Crippen molar-refractivity contribution in [3.63, 3.8) is 0 Å². The highest BCUT2D eigenvalue weighted by molar-refractivity contribution is 14.0. The second kappa shape index (κ2) is 7.44. The highest BCUT2D eigenvalue weighted by Crippen LogP contribution is 2.30. The van der Waals surface area contributed by atoms with Crippen LogP contribution in [0, 0.1) is 0 Å². The normalized spacial score (nSPS) is 25.6.